The van der Waals surface area contributed by atoms with Gasteiger partial charge in [0.25, 0.3) is 11.7 Å². The Hall–Kier alpha value is -2.44. The first-order valence-corrected chi connectivity index (χ1v) is 9.83. The van der Waals surface area contributed by atoms with Crippen LogP contribution in [0, 0.1) is 6.92 Å². The zero-order chi connectivity index (χ0) is 20.3. The first-order chi connectivity index (χ1) is 13.4. The van der Waals surface area contributed by atoms with E-state index in [2.05, 4.69) is 15.9 Å². The van der Waals surface area contributed by atoms with Gasteiger partial charge in [0, 0.05) is 30.3 Å². The lowest BCUT2D eigenvalue weighted by atomic mass is 9.95. The molecule has 146 valence electrons. The number of hydrogen-bond donors (Lipinski definition) is 1. The lowest BCUT2D eigenvalue weighted by molar-refractivity contribution is -0.140. The molecule has 5 nitrogen and oxygen atoms in total. The van der Waals surface area contributed by atoms with E-state index in [0.717, 1.165) is 15.6 Å². The number of amides is 1. The highest BCUT2D eigenvalue weighted by molar-refractivity contribution is 9.10. The van der Waals surface area contributed by atoms with Crippen LogP contribution >= 0.6 is 15.9 Å². The molecule has 1 amide bonds. The summed E-state index contributed by atoms with van der Waals surface area (Å²) < 4.78 is 5.92. The lowest BCUT2D eigenvalue weighted by Gasteiger charge is -2.25. The van der Waals surface area contributed by atoms with Crippen LogP contribution in [-0.4, -0.2) is 42.0 Å². The Bertz CT molecular complexity index is 920. The Kier molecular flexibility index (Phi) is 6.31. The van der Waals surface area contributed by atoms with Gasteiger partial charge in [0.2, 0.25) is 0 Å². The molecule has 1 saturated heterocycles. The van der Waals surface area contributed by atoms with Gasteiger partial charge in [0.05, 0.1) is 11.6 Å². The second kappa shape index (κ2) is 8.71. The highest BCUT2D eigenvalue weighted by Gasteiger charge is 2.45. The van der Waals surface area contributed by atoms with Gasteiger partial charge < -0.3 is 14.7 Å². The molecule has 0 aliphatic carbocycles. The number of benzene rings is 2. The summed E-state index contributed by atoms with van der Waals surface area (Å²) in [7, 11) is 1.59. The number of methoxy groups -OCH3 is 1. The summed E-state index contributed by atoms with van der Waals surface area (Å²) >= 11 is 3.45. The van der Waals surface area contributed by atoms with Crippen LogP contribution in [-0.2, 0) is 14.3 Å². The lowest BCUT2D eigenvalue weighted by Crippen LogP contribution is -2.31. The number of aryl methyl sites for hydroxylation is 1. The average Bonchev–Trinajstić information content (AvgIpc) is 2.93. The Morgan fingerprint density at radius 2 is 1.89 bits per heavy atom. The molecule has 1 atom stereocenters. The normalized spacial score (nSPS) is 18.7. The number of aliphatic hydroxyl groups is 1. The first-order valence-electron chi connectivity index (χ1n) is 9.04. The van der Waals surface area contributed by atoms with Gasteiger partial charge >= 0.3 is 0 Å². The van der Waals surface area contributed by atoms with Gasteiger partial charge in [-0.2, -0.15) is 0 Å². The summed E-state index contributed by atoms with van der Waals surface area (Å²) in [6.07, 6.45) is 0.596. The van der Waals surface area contributed by atoms with Crippen LogP contribution in [0.2, 0.25) is 0 Å². The molecular weight excluding hydrogens is 422 g/mol. The summed E-state index contributed by atoms with van der Waals surface area (Å²) in [5.74, 6) is -1.42. The van der Waals surface area contributed by atoms with Crippen LogP contribution in [0.25, 0.3) is 5.76 Å². The number of ether oxygens (including phenoxy) is 1. The number of ketones is 1. The molecule has 1 aliphatic heterocycles. The van der Waals surface area contributed by atoms with E-state index in [1.807, 2.05) is 43.3 Å². The van der Waals surface area contributed by atoms with E-state index in [0.29, 0.717) is 25.1 Å². The number of carbonyl (C=O) groups is 2. The molecule has 0 saturated carbocycles. The van der Waals surface area contributed by atoms with Crippen molar-refractivity contribution in [2.45, 2.75) is 19.4 Å². The Labute approximate surface area is 172 Å². The van der Waals surface area contributed by atoms with Gasteiger partial charge in [-0.1, -0.05) is 57.9 Å². The van der Waals surface area contributed by atoms with E-state index in [1.54, 1.807) is 19.2 Å². The maximum atomic E-state index is 12.8. The molecule has 0 unspecified atom stereocenters. The number of Topliss-reactive ketones (excluding diaryl/α,β-unsaturated/α-hetero) is 1. The number of aliphatic hydroxyl groups excluding tert-OH is 1. The van der Waals surface area contributed by atoms with E-state index in [1.165, 1.54) is 4.90 Å². The molecule has 1 fully saturated rings. The molecule has 6 heteroatoms. The number of halogens is 1. The maximum absolute atomic E-state index is 12.8. The summed E-state index contributed by atoms with van der Waals surface area (Å²) in [6, 6.07) is 14.0. The second-order valence-corrected chi connectivity index (χ2v) is 7.68. The van der Waals surface area contributed by atoms with Crippen LogP contribution < -0.4 is 0 Å². The zero-order valence-corrected chi connectivity index (χ0v) is 17.4. The summed E-state index contributed by atoms with van der Waals surface area (Å²) in [5.41, 5.74) is 2.43. The van der Waals surface area contributed by atoms with Crippen molar-refractivity contribution in [1.82, 2.24) is 4.90 Å². The van der Waals surface area contributed by atoms with Crippen molar-refractivity contribution in [3.8, 4) is 0 Å². The molecule has 2 aromatic carbocycles. The van der Waals surface area contributed by atoms with Crippen molar-refractivity contribution in [2.24, 2.45) is 0 Å². The third-order valence-corrected chi connectivity index (χ3v) is 5.27. The number of rotatable bonds is 6. The quantitative estimate of drug-likeness (QED) is 0.314. The minimum atomic E-state index is -0.666. The second-order valence-electron chi connectivity index (χ2n) is 6.76. The molecular formula is C22H22BrNO4. The monoisotopic (exact) mass is 443 g/mol. The third kappa shape index (κ3) is 4.03. The predicted octanol–water partition coefficient (Wildman–Crippen LogP) is 4.22. The van der Waals surface area contributed by atoms with Crippen molar-refractivity contribution < 1.29 is 19.4 Å². The van der Waals surface area contributed by atoms with Crippen LogP contribution in [0.4, 0.5) is 0 Å². The number of carbonyl (C=O) groups excluding carboxylic acids is 2. The van der Waals surface area contributed by atoms with Crippen molar-refractivity contribution in [1.29, 1.82) is 0 Å². The fraction of sp³-hybridized carbons (Fsp3) is 0.273. The highest BCUT2D eigenvalue weighted by Crippen LogP contribution is 2.40. The first kappa shape index (κ1) is 20.3. The van der Waals surface area contributed by atoms with Gasteiger partial charge in [-0.25, -0.2) is 0 Å². The zero-order valence-electron chi connectivity index (χ0n) is 15.8. The minimum Gasteiger partial charge on any atom is -0.507 e. The largest absolute Gasteiger partial charge is 0.507 e. The molecule has 1 aliphatic rings. The molecule has 1 heterocycles. The van der Waals surface area contributed by atoms with E-state index in [-0.39, 0.29) is 11.3 Å². The topological polar surface area (TPSA) is 66.8 Å². The number of hydrogen-bond acceptors (Lipinski definition) is 4. The maximum Gasteiger partial charge on any atom is 0.295 e. The highest BCUT2D eigenvalue weighted by atomic mass is 79.9. The molecule has 2 aromatic rings. The predicted molar refractivity (Wildman–Crippen MR) is 111 cm³/mol. The van der Waals surface area contributed by atoms with Gasteiger partial charge in [-0.15, -0.1) is 0 Å². The smallest absolute Gasteiger partial charge is 0.295 e. The standard InChI is InChI=1S/C22H22BrNO4/c1-14-7-9-15(10-8-14)20(25)18-19(16-5-3-6-17(23)13-16)24(11-4-12-28-2)22(27)21(18)26/h3,5-10,13,19,25H,4,11-12H2,1-2H3/b20-18+/t19-/m0/s1. The van der Waals surface area contributed by atoms with Crippen LogP contribution in [0.1, 0.15) is 29.2 Å². The van der Waals surface area contributed by atoms with Crippen LogP contribution in [0.3, 0.4) is 0 Å². The van der Waals surface area contributed by atoms with E-state index >= 15 is 0 Å². The van der Waals surface area contributed by atoms with Crippen LogP contribution in [0.15, 0.2) is 58.6 Å². The molecule has 0 aromatic heterocycles. The summed E-state index contributed by atoms with van der Waals surface area (Å²) in [6.45, 7) is 2.78. The van der Waals surface area contributed by atoms with Gasteiger partial charge in [-0.05, 0) is 31.0 Å². The van der Waals surface area contributed by atoms with E-state index in [9.17, 15) is 14.7 Å². The van der Waals surface area contributed by atoms with Crippen molar-refractivity contribution in [3.05, 3.63) is 75.3 Å². The van der Waals surface area contributed by atoms with Crippen molar-refractivity contribution in [2.75, 3.05) is 20.3 Å². The number of likely N-dealkylation sites (tertiary alicyclic amines) is 1. The molecule has 3 rings (SSSR count). The molecule has 28 heavy (non-hydrogen) atoms. The Morgan fingerprint density at radius 1 is 1.18 bits per heavy atom. The Balaban J connectivity index is 2.12. The SMILES string of the molecule is COCCCN1C(=O)C(=O)/C(=C(/O)c2ccc(C)cc2)[C@@H]1c1cccc(Br)c1. The van der Waals surface area contributed by atoms with Gasteiger partial charge in [0.15, 0.2) is 0 Å². The number of nitrogens with zero attached hydrogens (tertiary/aromatic N) is 1. The van der Waals surface area contributed by atoms with Crippen LogP contribution in [0.5, 0.6) is 0 Å². The van der Waals surface area contributed by atoms with Gasteiger partial charge in [0.1, 0.15) is 5.76 Å². The fourth-order valence-electron chi connectivity index (χ4n) is 3.38. The van der Waals surface area contributed by atoms with E-state index in [4.69, 9.17) is 4.74 Å². The van der Waals surface area contributed by atoms with E-state index < -0.39 is 17.7 Å². The molecule has 0 spiro atoms. The fourth-order valence-corrected chi connectivity index (χ4v) is 3.80. The van der Waals surface area contributed by atoms with Gasteiger partial charge in [-0.3, -0.25) is 9.59 Å². The van der Waals surface area contributed by atoms with Crippen molar-refractivity contribution in [3.63, 3.8) is 0 Å². The summed E-state index contributed by atoms with van der Waals surface area (Å²) in [5, 5.41) is 10.9. The molecule has 0 bridgehead atoms. The Morgan fingerprint density at radius 3 is 2.54 bits per heavy atom. The molecule has 0 radical (unpaired) electrons. The molecule has 1 N–H and O–H groups in total. The minimum absolute atomic E-state index is 0.115. The third-order valence-electron chi connectivity index (χ3n) is 4.78. The van der Waals surface area contributed by atoms with Crippen molar-refractivity contribution >= 4 is 33.4 Å². The average molecular weight is 444 g/mol. The summed E-state index contributed by atoms with van der Waals surface area (Å²) in [4.78, 5) is 27.1.